The van der Waals surface area contributed by atoms with Crippen LogP contribution in [-0.2, 0) is 0 Å². The van der Waals surface area contributed by atoms with Gasteiger partial charge < -0.3 is 9.84 Å². The summed E-state index contributed by atoms with van der Waals surface area (Å²) in [4.78, 5) is 10.5. The predicted molar refractivity (Wildman–Crippen MR) is 45.0 cm³/mol. The Morgan fingerprint density at radius 2 is 2.14 bits per heavy atom. The first-order chi connectivity index (χ1) is 6.50. The molecule has 0 unspecified atom stereocenters. The van der Waals surface area contributed by atoms with Crippen LogP contribution in [0.15, 0.2) is 18.2 Å². The number of aromatic carboxylic acids is 1. The Labute approximate surface area is 82.9 Å². The highest BCUT2D eigenvalue weighted by Crippen LogP contribution is 2.23. The van der Waals surface area contributed by atoms with E-state index in [0.29, 0.717) is 0 Å². The van der Waals surface area contributed by atoms with Gasteiger partial charge in [-0.3, -0.25) is 0 Å². The molecule has 0 amide bonds. The molecule has 0 fully saturated rings. The first kappa shape index (κ1) is 10.7. The minimum Gasteiger partial charge on any atom is -0.478 e. The number of carbonyl (C=O) groups is 1. The number of hydrogen-bond donors (Lipinski definition) is 1. The smallest absolute Gasteiger partial charge is 0.387 e. The summed E-state index contributed by atoms with van der Waals surface area (Å²) in [6.07, 6.45) is 0. The van der Waals surface area contributed by atoms with Crippen LogP contribution in [0.3, 0.4) is 0 Å². The van der Waals surface area contributed by atoms with Gasteiger partial charge in [0.15, 0.2) is 0 Å². The quantitative estimate of drug-likeness (QED) is 0.855. The van der Waals surface area contributed by atoms with Crippen molar-refractivity contribution in [2.45, 2.75) is 6.61 Å². The van der Waals surface area contributed by atoms with Gasteiger partial charge in [0.1, 0.15) is 5.75 Å². The van der Waals surface area contributed by atoms with Crippen LogP contribution < -0.4 is 4.74 Å². The van der Waals surface area contributed by atoms with Crippen LogP contribution in [0.4, 0.5) is 8.78 Å². The van der Waals surface area contributed by atoms with Gasteiger partial charge in [-0.1, -0.05) is 11.6 Å². The van der Waals surface area contributed by atoms with Crippen molar-refractivity contribution in [1.29, 1.82) is 0 Å². The number of halogens is 3. The topological polar surface area (TPSA) is 46.5 Å². The standard InChI is InChI=1S/C8H5ClF2O3/c9-6-3-4(14-8(10)11)1-2-5(6)7(12)13/h1-3,8H,(H,12,13). The largest absolute Gasteiger partial charge is 0.478 e. The van der Waals surface area contributed by atoms with Crippen molar-refractivity contribution in [3.05, 3.63) is 28.8 Å². The number of carboxylic acids is 1. The predicted octanol–water partition coefficient (Wildman–Crippen LogP) is 2.64. The van der Waals surface area contributed by atoms with Crippen LogP contribution in [-0.4, -0.2) is 17.7 Å². The highest BCUT2D eigenvalue weighted by molar-refractivity contribution is 6.33. The highest BCUT2D eigenvalue weighted by Gasteiger charge is 2.11. The fourth-order valence-electron chi connectivity index (χ4n) is 0.845. The molecule has 1 rings (SSSR count). The van der Waals surface area contributed by atoms with Gasteiger partial charge in [0, 0.05) is 0 Å². The molecule has 76 valence electrons. The summed E-state index contributed by atoms with van der Waals surface area (Å²) in [7, 11) is 0. The molecule has 3 nitrogen and oxygen atoms in total. The van der Waals surface area contributed by atoms with Gasteiger partial charge in [0.2, 0.25) is 0 Å². The lowest BCUT2D eigenvalue weighted by Crippen LogP contribution is -2.03. The number of ether oxygens (including phenoxy) is 1. The second-order valence-corrected chi connectivity index (χ2v) is 2.73. The van der Waals surface area contributed by atoms with Gasteiger partial charge in [0.25, 0.3) is 0 Å². The Hall–Kier alpha value is -1.36. The molecule has 6 heteroatoms. The fourth-order valence-corrected chi connectivity index (χ4v) is 1.10. The third kappa shape index (κ3) is 2.56. The lowest BCUT2D eigenvalue weighted by Gasteiger charge is -2.05. The van der Waals surface area contributed by atoms with Gasteiger partial charge >= 0.3 is 12.6 Å². The number of hydrogen-bond acceptors (Lipinski definition) is 2. The van der Waals surface area contributed by atoms with Gasteiger partial charge in [-0.15, -0.1) is 0 Å². The number of rotatable bonds is 3. The van der Waals surface area contributed by atoms with E-state index in [0.717, 1.165) is 18.2 Å². The van der Waals surface area contributed by atoms with E-state index in [1.807, 2.05) is 0 Å². The Bertz CT molecular complexity index is 354. The molecule has 0 aliphatic heterocycles. The monoisotopic (exact) mass is 222 g/mol. The molecule has 0 saturated carbocycles. The molecule has 0 bridgehead atoms. The summed E-state index contributed by atoms with van der Waals surface area (Å²) in [5.41, 5.74) is -0.159. The fraction of sp³-hybridized carbons (Fsp3) is 0.125. The summed E-state index contributed by atoms with van der Waals surface area (Å²) in [6, 6.07) is 3.24. The molecule has 0 heterocycles. The van der Waals surface area contributed by atoms with Gasteiger partial charge in [0.05, 0.1) is 10.6 Å². The molecule has 0 aliphatic carbocycles. The third-order valence-electron chi connectivity index (χ3n) is 1.40. The summed E-state index contributed by atoms with van der Waals surface area (Å²) in [6.45, 7) is -2.96. The van der Waals surface area contributed by atoms with Gasteiger partial charge in [-0.25, -0.2) is 4.79 Å². The number of carboxylic acid groups (broad SMARTS) is 1. The zero-order valence-corrected chi connectivity index (χ0v) is 7.46. The number of benzene rings is 1. The first-order valence-electron chi connectivity index (χ1n) is 3.48. The second kappa shape index (κ2) is 4.23. The van der Waals surface area contributed by atoms with Crippen LogP contribution >= 0.6 is 11.6 Å². The van der Waals surface area contributed by atoms with E-state index in [2.05, 4.69) is 4.74 Å². The lowest BCUT2D eigenvalue weighted by molar-refractivity contribution is -0.0498. The molecule has 1 N–H and O–H groups in total. The zero-order valence-electron chi connectivity index (χ0n) is 6.71. The molecule has 0 spiro atoms. The molecule has 1 aromatic rings. The van der Waals surface area contributed by atoms with E-state index in [9.17, 15) is 13.6 Å². The maximum atomic E-state index is 11.7. The lowest BCUT2D eigenvalue weighted by atomic mass is 10.2. The van der Waals surface area contributed by atoms with Crippen LogP contribution in [0, 0.1) is 0 Å². The molecular formula is C8H5ClF2O3. The first-order valence-corrected chi connectivity index (χ1v) is 3.86. The van der Waals surface area contributed by atoms with Crippen LogP contribution in [0.25, 0.3) is 0 Å². The van der Waals surface area contributed by atoms with E-state index in [-0.39, 0.29) is 16.3 Å². The average molecular weight is 223 g/mol. The van der Waals surface area contributed by atoms with E-state index in [4.69, 9.17) is 16.7 Å². The van der Waals surface area contributed by atoms with Crippen molar-refractivity contribution in [1.82, 2.24) is 0 Å². The molecular weight excluding hydrogens is 218 g/mol. The Balaban J connectivity index is 2.94. The van der Waals surface area contributed by atoms with E-state index >= 15 is 0 Å². The highest BCUT2D eigenvalue weighted by atomic mass is 35.5. The molecule has 14 heavy (non-hydrogen) atoms. The molecule has 0 aliphatic rings. The van der Waals surface area contributed by atoms with Crippen molar-refractivity contribution in [2.75, 3.05) is 0 Å². The van der Waals surface area contributed by atoms with Crippen LogP contribution in [0.1, 0.15) is 10.4 Å². The molecule has 0 aromatic heterocycles. The minimum atomic E-state index is -2.96. The van der Waals surface area contributed by atoms with Crippen molar-refractivity contribution in [3.8, 4) is 5.75 Å². The molecule has 0 atom stereocenters. The van der Waals surface area contributed by atoms with Crippen molar-refractivity contribution < 1.29 is 23.4 Å². The van der Waals surface area contributed by atoms with Crippen LogP contribution in [0.5, 0.6) is 5.75 Å². The Morgan fingerprint density at radius 1 is 1.50 bits per heavy atom. The van der Waals surface area contributed by atoms with Crippen molar-refractivity contribution >= 4 is 17.6 Å². The normalized spacial score (nSPS) is 10.3. The zero-order chi connectivity index (χ0) is 10.7. The van der Waals surface area contributed by atoms with Gasteiger partial charge in [-0.05, 0) is 18.2 Å². The molecule has 1 aromatic carbocycles. The Morgan fingerprint density at radius 3 is 2.57 bits per heavy atom. The maximum Gasteiger partial charge on any atom is 0.387 e. The number of alkyl halides is 2. The Kier molecular flexibility index (Phi) is 3.24. The summed E-state index contributed by atoms with van der Waals surface area (Å²) in [5.74, 6) is -1.39. The van der Waals surface area contributed by atoms with Crippen molar-refractivity contribution in [2.24, 2.45) is 0 Å². The third-order valence-corrected chi connectivity index (χ3v) is 1.71. The molecule has 0 saturated heterocycles. The second-order valence-electron chi connectivity index (χ2n) is 2.33. The summed E-state index contributed by atoms with van der Waals surface area (Å²) >= 11 is 5.50. The van der Waals surface area contributed by atoms with Gasteiger partial charge in [-0.2, -0.15) is 8.78 Å². The van der Waals surface area contributed by atoms with E-state index < -0.39 is 12.6 Å². The van der Waals surface area contributed by atoms with E-state index in [1.165, 1.54) is 0 Å². The average Bonchev–Trinajstić information content (AvgIpc) is 2.01. The summed E-state index contributed by atoms with van der Waals surface area (Å²) in [5, 5.41) is 8.42. The van der Waals surface area contributed by atoms with Crippen molar-refractivity contribution in [3.63, 3.8) is 0 Å². The maximum absolute atomic E-state index is 11.7. The SMILES string of the molecule is O=C(O)c1ccc(OC(F)F)cc1Cl. The summed E-state index contributed by atoms with van der Waals surface area (Å²) < 4.78 is 27.5. The van der Waals surface area contributed by atoms with Crippen LogP contribution in [0.2, 0.25) is 5.02 Å². The van der Waals surface area contributed by atoms with E-state index in [1.54, 1.807) is 0 Å². The minimum absolute atomic E-state index is 0.143. The molecule has 0 radical (unpaired) electrons.